The molecular weight excluding hydrogens is 180 g/mol. The van der Waals surface area contributed by atoms with Crippen molar-refractivity contribution in [1.29, 1.82) is 0 Å². The van der Waals surface area contributed by atoms with Crippen molar-refractivity contribution in [3.8, 4) is 0 Å². The van der Waals surface area contributed by atoms with Crippen LogP contribution in [0.25, 0.3) is 0 Å². The second-order valence-corrected chi connectivity index (χ2v) is 4.97. The first-order valence-electron chi connectivity index (χ1n) is 7.35. The lowest BCUT2D eigenvalue weighted by Crippen LogP contribution is -1.99. The van der Waals surface area contributed by atoms with Crippen LogP contribution in [0.2, 0.25) is 0 Å². The van der Waals surface area contributed by atoms with Crippen molar-refractivity contribution in [3.63, 3.8) is 0 Å². The van der Waals surface area contributed by atoms with Gasteiger partial charge in [-0.3, -0.25) is 0 Å². The summed E-state index contributed by atoms with van der Waals surface area (Å²) in [6.07, 6.45) is 15.9. The van der Waals surface area contributed by atoms with Crippen molar-refractivity contribution in [3.05, 3.63) is 0 Å². The minimum atomic E-state index is 1.03. The van der Waals surface area contributed by atoms with Crippen LogP contribution in [0, 0.1) is 5.92 Å². The third-order valence-corrected chi connectivity index (χ3v) is 3.51. The highest BCUT2D eigenvalue weighted by molar-refractivity contribution is 4.58. The Morgan fingerprint density at radius 3 is 1.40 bits per heavy atom. The van der Waals surface area contributed by atoms with E-state index in [1.54, 1.807) is 0 Å². The van der Waals surface area contributed by atoms with E-state index in [0.717, 1.165) is 5.92 Å². The van der Waals surface area contributed by atoms with Gasteiger partial charge in [-0.1, -0.05) is 91.4 Å². The molecule has 0 atom stereocenters. The first-order chi connectivity index (χ1) is 7.35. The van der Waals surface area contributed by atoms with Crippen LogP contribution in [0.3, 0.4) is 0 Å². The van der Waals surface area contributed by atoms with Crippen molar-refractivity contribution in [2.75, 3.05) is 0 Å². The molecule has 0 saturated carbocycles. The summed E-state index contributed by atoms with van der Waals surface area (Å²) in [5, 5.41) is 0. The Bertz CT molecular complexity index is 94.6. The Morgan fingerprint density at radius 2 is 1.07 bits per heavy atom. The average molecular weight is 212 g/mol. The largest absolute Gasteiger partial charge is 0.0654 e. The summed E-state index contributed by atoms with van der Waals surface area (Å²) in [6, 6.07) is 0. The standard InChI is InChI=1S/C15H32/c1-4-7-9-11-13-15(6-3)14-12-10-8-5-2/h15H,4-14H2,1-3H3. The molecule has 0 N–H and O–H groups in total. The second-order valence-electron chi connectivity index (χ2n) is 4.97. The van der Waals surface area contributed by atoms with Gasteiger partial charge in [-0.2, -0.15) is 0 Å². The topological polar surface area (TPSA) is 0 Å². The summed E-state index contributed by atoms with van der Waals surface area (Å²) in [7, 11) is 0. The maximum atomic E-state index is 2.37. The van der Waals surface area contributed by atoms with E-state index in [9.17, 15) is 0 Å². The fourth-order valence-corrected chi connectivity index (χ4v) is 2.27. The second kappa shape index (κ2) is 12.1. The molecule has 15 heavy (non-hydrogen) atoms. The van der Waals surface area contributed by atoms with Crippen molar-refractivity contribution >= 4 is 0 Å². The smallest absolute Gasteiger partial charge is 0.0417 e. The van der Waals surface area contributed by atoms with Gasteiger partial charge in [0.25, 0.3) is 0 Å². The van der Waals surface area contributed by atoms with Gasteiger partial charge in [0.2, 0.25) is 0 Å². The summed E-state index contributed by atoms with van der Waals surface area (Å²) in [6.45, 7) is 6.95. The Labute approximate surface area is 97.8 Å². The molecule has 0 unspecified atom stereocenters. The maximum Gasteiger partial charge on any atom is -0.0417 e. The molecule has 0 bridgehead atoms. The molecule has 0 heteroatoms. The molecule has 0 fully saturated rings. The van der Waals surface area contributed by atoms with E-state index in [4.69, 9.17) is 0 Å². The van der Waals surface area contributed by atoms with Gasteiger partial charge >= 0.3 is 0 Å². The van der Waals surface area contributed by atoms with Crippen LogP contribution < -0.4 is 0 Å². The van der Waals surface area contributed by atoms with Gasteiger partial charge < -0.3 is 0 Å². The Morgan fingerprint density at radius 1 is 0.600 bits per heavy atom. The van der Waals surface area contributed by atoms with E-state index < -0.39 is 0 Å². The molecule has 0 amide bonds. The molecule has 0 aromatic rings. The van der Waals surface area contributed by atoms with E-state index in [-0.39, 0.29) is 0 Å². The molecular formula is C15H32. The minimum Gasteiger partial charge on any atom is -0.0654 e. The quantitative estimate of drug-likeness (QED) is 0.371. The molecule has 0 saturated heterocycles. The van der Waals surface area contributed by atoms with Crippen LogP contribution in [-0.4, -0.2) is 0 Å². The Hall–Kier alpha value is 0. The third kappa shape index (κ3) is 10.3. The Balaban J connectivity index is 3.29. The summed E-state index contributed by atoms with van der Waals surface area (Å²) >= 11 is 0. The first kappa shape index (κ1) is 15.0. The lowest BCUT2D eigenvalue weighted by molar-refractivity contribution is 0.395. The monoisotopic (exact) mass is 212 g/mol. The van der Waals surface area contributed by atoms with Gasteiger partial charge in [-0.05, 0) is 5.92 Å². The molecule has 0 aliphatic rings. The molecule has 0 rings (SSSR count). The van der Waals surface area contributed by atoms with Crippen LogP contribution in [0.15, 0.2) is 0 Å². The minimum absolute atomic E-state index is 1.03. The zero-order valence-electron chi connectivity index (χ0n) is 11.4. The van der Waals surface area contributed by atoms with Crippen molar-refractivity contribution in [2.45, 2.75) is 91.4 Å². The number of hydrogen-bond acceptors (Lipinski definition) is 0. The van der Waals surface area contributed by atoms with Crippen LogP contribution >= 0.6 is 0 Å². The molecule has 0 nitrogen and oxygen atoms in total. The predicted octanol–water partition coefficient (Wildman–Crippen LogP) is 5.95. The van der Waals surface area contributed by atoms with Gasteiger partial charge in [0.05, 0.1) is 0 Å². The molecule has 0 heterocycles. The lowest BCUT2D eigenvalue weighted by Gasteiger charge is -2.14. The van der Waals surface area contributed by atoms with Gasteiger partial charge in [0.15, 0.2) is 0 Å². The average Bonchev–Trinajstić information content (AvgIpc) is 2.27. The van der Waals surface area contributed by atoms with Crippen molar-refractivity contribution in [1.82, 2.24) is 0 Å². The highest BCUT2D eigenvalue weighted by Gasteiger charge is 2.05. The van der Waals surface area contributed by atoms with Crippen molar-refractivity contribution < 1.29 is 0 Å². The van der Waals surface area contributed by atoms with E-state index in [0.29, 0.717) is 0 Å². The molecule has 92 valence electrons. The molecule has 0 radical (unpaired) electrons. The molecule has 0 spiro atoms. The van der Waals surface area contributed by atoms with E-state index >= 15 is 0 Å². The molecule has 0 aliphatic heterocycles. The molecule has 0 aromatic heterocycles. The zero-order chi connectivity index (χ0) is 11.4. The summed E-state index contributed by atoms with van der Waals surface area (Å²) in [5.41, 5.74) is 0. The summed E-state index contributed by atoms with van der Waals surface area (Å²) in [5.74, 6) is 1.03. The zero-order valence-corrected chi connectivity index (χ0v) is 11.4. The van der Waals surface area contributed by atoms with Gasteiger partial charge in [-0.25, -0.2) is 0 Å². The Kier molecular flexibility index (Phi) is 12.1. The number of rotatable bonds is 11. The molecule has 0 aliphatic carbocycles. The molecule has 0 aromatic carbocycles. The predicted molar refractivity (Wildman–Crippen MR) is 71.3 cm³/mol. The highest BCUT2D eigenvalue weighted by atomic mass is 14.1. The lowest BCUT2D eigenvalue weighted by atomic mass is 9.92. The third-order valence-electron chi connectivity index (χ3n) is 3.51. The van der Waals surface area contributed by atoms with E-state index in [1.807, 2.05) is 0 Å². The number of hydrogen-bond donors (Lipinski definition) is 0. The summed E-state index contributed by atoms with van der Waals surface area (Å²) in [4.78, 5) is 0. The first-order valence-corrected chi connectivity index (χ1v) is 7.35. The van der Waals surface area contributed by atoms with Gasteiger partial charge in [0, 0.05) is 0 Å². The van der Waals surface area contributed by atoms with Crippen molar-refractivity contribution in [2.24, 2.45) is 5.92 Å². The van der Waals surface area contributed by atoms with Crippen LogP contribution in [0.5, 0.6) is 0 Å². The van der Waals surface area contributed by atoms with Gasteiger partial charge in [0.1, 0.15) is 0 Å². The van der Waals surface area contributed by atoms with E-state index in [1.165, 1.54) is 70.6 Å². The summed E-state index contributed by atoms with van der Waals surface area (Å²) < 4.78 is 0. The highest BCUT2D eigenvalue weighted by Crippen LogP contribution is 2.20. The van der Waals surface area contributed by atoms with Crippen LogP contribution in [0.1, 0.15) is 91.4 Å². The van der Waals surface area contributed by atoms with E-state index in [2.05, 4.69) is 20.8 Å². The SMILES string of the molecule is CCCCCCC(CC)CCCCCC. The number of unbranched alkanes of at least 4 members (excludes halogenated alkanes) is 6. The normalized spacial score (nSPS) is 11.2. The maximum absolute atomic E-state index is 2.37. The fourth-order valence-electron chi connectivity index (χ4n) is 2.27. The van der Waals surface area contributed by atoms with Gasteiger partial charge in [-0.15, -0.1) is 0 Å². The van der Waals surface area contributed by atoms with Crippen LogP contribution in [0.4, 0.5) is 0 Å². The van der Waals surface area contributed by atoms with Crippen LogP contribution in [-0.2, 0) is 0 Å². The fraction of sp³-hybridized carbons (Fsp3) is 1.00.